The second kappa shape index (κ2) is 10.0. The van der Waals surface area contributed by atoms with Crippen molar-refractivity contribution in [2.75, 3.05) is 0 Å². The molecular formula is C19H21BF4Te. The first kappa shape index (κ1) is 20.1. The molecule has 6 heteroatoms. The van der Waals surface area contributed by atoms with E-state index in [0.29, 0.717) is 0 Å². The van der Waals surface area contributed by atoms with Gasteiger partial charge in [0, 0.05) is 0 Å². The van der Waals surface area contributed by atoms with Crippen molar-refractivity contribution in [1.82, 2.24) is 0 Å². The first-order valence-corrected chi connectivity index (χ1v) is 12.0. The van der Waals surface area contributed by atoms with Crippen molar-refractivity contribution < 1.29 is 17.3 Å². The van der Waals surface area contributed by atoms with Crippen LogP contribution < -0.4 is 7.22 Å². The summed E-state index contributed by atoms with van der Waals surface area (Å²) in [5, 5.41) is 0. The maximum absolute atomic E-state index is 9.75. The molecule has 0 bridgehead atoms. The maximum atomic E-state index is 9.75. The molecular weight excluding hydrogens is 443 g/mol. The molecule has 0 radical (unpaired) electrons. The van der Waals surface area contributed by atoms with Gasteiger partial charge in [-0.15, -0.1) is 0 Å². The van der Waals surface area contributed by atoms with Crippen LogP contribution in [0.1, 0.15) is 32.1 Å². The Bertz CT molecular complexity index is 603. The van der Waals surface area contributed by atoms with Crippen molar-refractivity contribution in [1.29, 1.82) is 0 Å². The molecule has 0 nitrogen and oxygen atoms in total. The average Bonchev–Trinajstić information content (AvgIpc) is 2.61. The van der Waals surface area contributed by atoms with Gasteiger partial charge in [-0.3, -0.25) is 0 Å². The Hall–Kier alpha value is -1.25. The molecule has 3 rings (SSSR count). The largest absolute Gasteiger partial charge is 0.673 e. The van der Waals surface area contributed by atoms with E-state index in [1.165, 1.54) is 32.1 Å². The van der Waals surface area contributed by atoms with Gasteiger partial charge in [0.1, 0.15) is 0 Å². The van der Waals surface area contributed by atoms with Crippen LogP contribution in [-0.4, -0.2) is 26.8 Å². The van der Waals surface area contributed by atoms with E-state index in [9.17, 15) is 17.3 Å². The molecule has 0 amide bonds. The Morgan fingerprint density at radius 3 is 1.48 bits per heavy atom. The van der Waals surface area contributed by atoms with Crippen LogP contribution in [0, 0.1) is 0 Å². The molecule has 25 heavy (non-hydrogen) atoms. The SMILES string of the molecule is C(=C1CCCCC1)[Te+](c1ccccc1)c1ccccc1.F[B-](F)(F)F. The van der Waals surface area contributed by atoms with Crippen LogP contribution in [0.5, 0.6) is 0 Å². The normalized spacial score (nSPS) is 14.7. The molecule has 1 aliphatic rings. The van der Waals surface area contributed by atoms with Crippen molar-refractivity contribution in [3.63, 3.8) is 0 Å². The van der Waals surface area contributed by atoms with Crippen molar-refractivity contribution in [2.24, 2.45) is 0 Å². The molecule has 0 spiro atoms. The summed E-state index contributed by atoms with van der Waals surface area (Å²) in [4.78, 5) is 0. The van der Waals surface area contributed by atoms with Crippen molar-refractivity contribution in [3.8, 4) is 0 Å². The first-order chi connectivity index (χ1) is 11.9. The summed E-state index contributed by atoms with van der Waals surface area (Å²) in [6.07, 6.45) is 6.86. The van der Waals surface area contributed by atoms with E-state index in [1.807, 2.05) is 0 Å². The molecule has 2 aromatic carbocycles. The molecule has 0 unspecified atom stereocenters. The molecule has 0 saturated heterocycles. The van der Waals surface area contributed by atoms with Crippen LogP contribution >= 0.6 is 0 Å². The Kier molecular flexibility index (Phi) is 8.06. The summed E-state index contributed by atoms with van der Waals surface area (Å²) >= 11 is -1.54. The van der Waals surface area contributed by atoms with E-state index in [2.05, 4.69) is 64.8 Å². The van der Waals surface area contributed by atoms with E-state index in [1.54, 1.807) is 12.8 Å². The summed E-state index contributed by atoms with van der Waals surface area (Å²) in [5.74, 6) is 0. The Labute approximate surface area is 153 Å². The van der Waals surface area contributed by atoms with Crippen molar-refractivity contribution in [3.05, 3.63) is 70.4 Å². The fourth-order valence-corrected chi connectivity index (χ4v) is 8.45. The summed E-state index contributed by atoms with van der Waals surface area (Å²) in [6.45, 7) is 0. The number of benzene rings is 2. The van der Waals surface area contributed by atoms with Crippen LogP contribution in [0.3, 0.4) is 0 Å². The molecule has 0 aliphatic heterocycles. The van der Waals surface area contributed by atoms with Gasteiger partial charge in [-0.1, -0.05) is 0 Å². The smallest absolute Gasteiger partial charge is 0.418 e. The van der Waals surface area contributed by atoms with Gasteiger partial charge in [-0.05, 0) is 0 Å². The number of hydrogen-bond donors (Lipinski definition) is 0. The maximum Gasteiger partial charge on any atom is 0.673 e. The summed E-state index contributed by atoms with van der Waals surface area (Å²) < 4.78 is 44.8. The topological polar surface area (TPSA) is 0 Å². The monoisotopic (exact) mass is 466 g/mol. The van der Waals surface area contributed by atoms with Gasteiger partial charge in [-0.25, -0.2) is 0 Å². The predicted molar refractivity (Wildman–Crippen MR) is 99.3 cm³/mol. The number of halogens is 4. The van der Waals surface area contributed by atoms with Gasteiger partial charge < -0.3 is 17.3 Å². The second-order valence-electron chi connectivity index (χ2n) is 5.80. The third kappa shape index (κ3) is 8.11. The standard InChI is InChI=1S/C19H21Te.BF4/c1-4-10-17(11-5-1)16-20(18-12-6-2-7-13-18)19-14-8-3-9-15-19;2-1(3,4)5/h2-3,6-9,12-16H,1,4-5,10-11H2;/q+1;-1. The zero-order valence-corrected chi connectivity index (χ0v) is 16.2. The molecule has 0 N–H and O–H groups in total. The Morgan fingerprint density at radius 2 is 1.08 bits per heavy atom. The number of rotatable bonds is 3. The van der Waals surface area contributed by atoms with Gasteiger partial charge in [0.2, 0.25) is 0 Å². The van der Waals surface area contributed by atoms with E-state index >= 15 is 0 Å². The van der Waals surface area contributed by atoms with Gasteiger partial charge in [0.25, 0.3) is 0 Å². The molecule has 1 fully saturated rings. The first-order valence-electron chi connectivity index (χ1n) is 8.33. The van der Waals surface area contributed by atoms with E-state index in [0.717, 1.165) is 0 Å². The molecule has 0 heterocycles. The van der Waals surface area contributed by atoms with Crippen molar-refractivity contribution >= 4 is 34.0 Å². The fourth-order valence-electron chi connectivity index (χ4n) is 2.70. The molecule has 1 aliphatic carbocycles. The van der Waals surface area contributed by atoms with Gasteiger partial charge >= 0.3 is 136 Å². The van der Waals surface area contributed by atoms with Gasteiger partial charge in [0.15, 0.2) is 0 Å². The van der Waals surface area contributed by atoms with E-state index in [-0.39, 0.29) is 0 Å². The molecule has 1 saturated carbocycles. The third-order valence-corrected chi connectivity index (χ3v) is 9.85. The van der Waals surface area contributed by atoms with Gasteiger partial charge in [-0.2, -0.15) is 0 Å². The molecule has 2 aromatic rings. The fraction of sp³-hybridized carbons (Fsp3) is 0.263. The minimum absolute atomic E-state index is 1.33. The number of allylic oxidation sites excluding steroid dienone is 1. The zero-order chi connectivity index (χ0) is 18.1. The Morgan fingerprint density at radius 1 is 0.680 bits per heavy atom. The van der Waals surface area contributed by atoms with E-state index < -0.39 is 26.8 Å². The van der Waals surface area contributed by atoms with Crippen LogP contribution in [0.4, 0.5) is 17.3 Å². The summed E-state index contributed by atoms with van der Waals surface area (Å²) in [6, 6.07) is 22.3. The minimum Gasteiger partial charge on any atom is -0.418 e. The summed E-state index contributed by atoms with van der Waals surface area (Å²) in [7, 11) is -6.00. The number of hydrogen-bond acceptors (Lipinski definition) is 0. The second-order valence-corrected chi connectivity index (χ2v) is 11.1. The van der Waals surface area contributed by atoms with Crippen LogP contribution in [-0.2, 0) is 0 Å². The van der Waals surface area contributed by atoms with Crippen LogP contribution in [0.25, 0.3) is 0 Å². The van der Waals surface area contributed by atoms with Crippen LogP contribution in [0.2, 0.25) is 0 Å². The Balaban J connectivity index is 0.000000399. The minimum atomic E-state index is -6.00. The van der Waals surface area contributed by atoms with Crippen LogP contribution in [0.15, 0.2) is 70.4 Å². The predicted octanol–water partition coefficient (Wildman–Crippen LogP) is 5.03. The third-order valence-electron chi connectivity index (χ3n) is 3.77. The van der Waals surface area contributed by atoms with Gasteiger partial charge in [0.05, 0.1) is 0 Å². The summed E-state index contributed by atoms with van der Waals surface area (Å²) in [5.41, 5.74) is 1.72. The molecule has 134 valence electrons. The zero-order valence-electron chi connectivity index (χ0n) is 13.9. The molecule has 0 aromatic heterocycles. The van der Waals surface area contributed by atoms with Crippen molar-refractivity contribution in [2.45, 2.75) is 32.1 Å². The average molecular weight is 464 g/mol. The quantitative estimate of drug-likeness (QED) is 0.443. The van der Waals surface area contributed by atoms with E-state index in [4.69, 9.17) is 0 Å². The molecule has 0 atom stereocenters.